The van der Waals surface area contributed by atoms with Crippen LogP contribution in [0.15, 0.2) is 28.8 Å². The van der Waals surface area contributed by atoms with Crippen molar-refractivity contribution in [3.05, 3.63) is 47.1 Å². The molecule has 1 fully saturated rings. The van der Waals surface area contributed by atoms with Crippen molar-refractivity contribution >= 4 is 17.7 Å². The first kappa shape index (κ1) is 18.3. The predicted molar refractivity (Wildman–Crippen MR) is 98.4 cm³/mol. The Kier molecular flexibility index (Phi) is 4.93. The maximum absolute atomic E-state index is 12.5. The molecule has 1 aliphatic heterocycles. The third kappa shape index (κ3) is 3.42. The van der Waals surface area contributed by atoms with Gasteiger partial charge in [0.2, 0.25) is 11.8 Å². The lowest BCUT2D eigenvalue weighted by molar-refractivity contribution is -0.122. The van der Waals surface area contributed by atoms with Gasteiger partial charge in [-0.2, -0.15) is 4.98 Å². The number of rotatable bonds is 6. The van der Waals surface area contributed by atoms with Crippen LogP contribution in [-0.4, -0.2) is 38.8 Å². The summed E-state index contributed by atoms with van der Waals surface area (Å²) in [6.45, 7) is 1.84. The lowest BCUT2D eigenvalue weighted by Gasteiger charge is -2.21. The van der Waals surface area contributed by atoms with Crippen LogP contribution >= 0.6 is 0 Å². The van der Waals surface area contributed by atoms with Gasteiger partial charge in [0.1, 0.15) is 0 Å². The van der Waals surface area contributed by atoms with Gasteiger partial charge in [-0.15, -0.1) is 0 Å². The minimum Gasteiger partial charge on any atom is -0.349 e. The first-order chi connectivity index (χ1) is 13.5. The molecule has 3 amide bonds. The summed E-state index contributed by atoms with van der Waals surface area (Å²) in [5.41, 5.74) is 0.761. The van der Waals surface area contributed by atoms with E-state index in [2.05, 4.69) is 15.5 Å². The molecular weight excluding hydrogens is 360 g/mol. The van der Waals surface area contributed by atoms with Crippen LogP contribution in [0.4, 0.5) is 0 Å². The van der Waals surface area contributed by atoms with Gasteiger partial charge in [-0.3, -0.25) is 19.3 Å². The molecule has 146 valence electrons. The summed E-state index contributed by atoms with van der Waals surface area (Å²) < 4.78 is 5.30. The normalized spacial score (nSPS) is 17.8. The number of carbonyl (C=O) groups is 3. The maximum atomic E-state index is 12.5. The van der Waals surface area contributed by atoms with E-state index in [0.29, 0.717) is 28.8 Å². The van der Waals surface area contributed by atoms with E-state index in [-0.39, 0.29) is 30.7 Å². The van der Waals surface area contributed by atoms with Gasteiger partial charge >= 0.3 is 0 Å². The van der Waals surface area contributed by atoms with Crippen molar-refractivity contribution in [3.63, 3.8) is 0 Å². The number of benzene rings is 1. The zero-order valence-electron chi connectivity index (χ0n) is 15.7. The fraction of sp³-hybridized carbons (Fsp3) is 0.450. The number of carbonyl (C=O) groups excluding carboxylic acids is 3. The molecule has 2 aromatic rings. The van der Waals surface area contributed by atoms with E-state index in [1.807, 2.05) is 0 Å². The molecule has 1 saturated carbocycles. The van der Waals surface area contributed by atoms with Gasteiger partial charge in [0.25, 0.3) is 11.8 Å². The fourth-order valence-electron chi connectivity index (χ4n) is 3.90. The molecule has 0 bridgehead atoms. The second kappa shape index (κ2) is 7.53. The minimum absolute atomic E-state index is 0.0127. The SMILES string of the molecule is C[C@@H](CC(=O)NCc1noc(C2CCCC2)n1)N1C(=O)c2ccccc2C1=O. The van der Waals surface area contributed by atoms with Crippen LogP contribution in [0.3, 0.4) is 0 Å². The minimum atomic E-state index is -0.549. The highest BCUT2D eigenvalue weighted by molar-refractivity contribution is 6.21. The Morgan fingerprint density at radius 3 is 2.50 bits per heavy atom. The molecule has 28 heavy (non-hydrogen) atoms. The van der Waals surface area contributed by atoms with Crippen molar-refractivity contribution in [3.8, 4) is 0 Å². The summed E-state index contributed by atoms with van der Waals surface area (Å²) in [6.07, 6.45) is 4.49. The Morgan fingerprint density at radius 2 is 1.86 bits per heavy atom. The number of imide groups is 1. The monoisotopic (exact) mass is 382 g/mol. The van der Waals surface area contributed by atoms with Crippen LogP contribution in [0.2, 0.25) is 0 Å². The van der Waals surface area contributed by atoms with Crippen molar-refractivity contribution in [2.75, 3.05) is 0 Å². The maximum Gasteiger partial charge on any atom is 0.261 e. The third-order valence-electron chi connectivity index (χ3n) is 5.38. The van der Waals surface area contributed by atoms with Gasteiger partial charge in [0.05, 0.1) is 17.7 Å². The van der Waals surface area contributed by atoms with Crippen LogP contribution in [0.5, 0.6) is 0 Å². The molecule has 4 rings (SSSR count). The smallest absolute Gasteiger partial charge is 0.261 e. The molecule has 0 radical (unpaired) electrons. The first-order valence-electron chi connectivity index (χ1n) is 9.60. The van der Waals surface area contributed by atoms with Gasteiger partial charge in [0.15, 0.2) is 5.82 Å². The Bertz CT molecular complexity index is 881. The second-order valence-electron chi connectivity index (χ2n) is 7.39. The van der Waals surface area contributed by atoms with Gasteiger partial charge < -0.3 is 9.84 Å². The van der Waals surface area contributed by atoms with Crippen LogP contribution in [0, 0.1) is 0 Å². The van der Waals surface area contributed by atoms with Crippen molar-refractivity contribution in [1.82, 2.24) is 20.4 Å². The highest BCUT2D eigenvalue weighted by Crippen LogP contribution is 2.32. The highest BCUT2D eigenvalue weighted by atomic mass is 16.5. The van der Waals surface area contributed by atoms with Crippen LogP contribution < -0.4 is 5.32 Å². The average Bonchev–Trinajstić information content (AvgIpc) is 3.41. The van der Waals surface area contributed by atoms with Crippen LogP contribution in [0.25, 0.3) is 0 Å². The molecule has 8 heteroatoms. The molecule has 2 heterocycles. The molecule has 1 aromatic carbocycles. The third-order valence-corrected chi connectivity index (χ3v) is 5.38. The van der Waals surface area contributed by atoms with Gasteiger partial charge in [0, 0.05) is 18.4 Å². The highest BCUT2D eigenvalue weighted by Gasteiger charge is 2.38. The summed E-state index contributed by atoms with van der Waals surface area (Å²) in [5, 5.41) is 6.66. The molecule has 1 atom stereocenters. The predicted octanol–water partition coefficient (Wildman–Crippen LogP) is 2.42. The Morgan fingerprint density at radius 1 is 1.21 bits per heavy atom. The molecule has 1 aliphatic carbocycles. The van der Waals surface area contributed by atoms with E-state index in [4.69, 9.17) is 4.52 Å². The lowest BCUT2D eigenvalue weighted by Crippen LogP contribution is -2.41. The number of aromatic nitrogens is 2. The van der Waals surface area contributed by atoms with Crippen LogP contribution in [0.1, 0.15) is 77.4 Å². The van der Waals surface area contributed by atoms with Crippen LogP contribution in [-0.2, 0) is 11.3 Å². The van der Waals surface area contributed by atoms with Crippen molar-refractivity contribution < 1.29 is 18.9 Å². The number of hydrogen-bond acceptors (Lipinski definition) is 6. The number of hydrogen-bond donors (Lipinski definition) is 1. The molecule has 2 aliphatic rings. The zero-order chi connectivity index (χ0) is 19.7. The summed E-state index contributed by atoms with van der Waals surface area (Å²) in [5.74, 6) is 0.396. The van der Waals surface area contributed by atoms with Crippen molar-refractivity contribution in [2.45, 2.75) is 57.5 Å². The lowest BCUT2D eigenvalue weighted by atomic mass is 10.1. The Labute approximate surface area is 162 Å². The molecule has 8 nitrogen and oxygen atoms in total. The van der Waals surface area contributed by atoms with E-state index in [1.165, 1.54) is 12.8 Å². The quantitative estimate of drug-likeness (QED) is 0.769. The zero-order valence-corrected chi connectivity index (χ0v) is 15.7. The summed E-state index contributed by atoms with van der Waals surface area (Å²) >= 11 is 0. The van der Waals surface area contributed by atoms with Crippen molar-refractivity contribution in [1.29, 1.82) is 0 Å². The van der Waals surface area contributed by atoms with E-state index in [1.54, 1.807) is 31.2 Å². The topological polar surface area (TPSA) is 105 Å². The van der Waals surface area contributed by atoms with Gasteiger partial charge in [-0.1, -0.05) is 30.1 Å². The fourth-order valence-corrected chi connectivity index (χ4v) is 3.90. The van der Waals surface area contributed by atoms with E-state index < -0.39 is 6.04 Å². The molecule has 1 aromatic heterocycles. The second-order valence-corrected chi connectivity index (χ2v) is 7.39. The largest absolute Gasteiger partial charge is 0.349 e. The Hall–Kier alpha value is -3.03. The molecule has 1 N–H and O–H groups in total. The Balaban J connectivity index is 1.32. The van der Waals surface area contributed by atoms with E-state index in [0.717, 1.165) is 17.7 Å². The first-order valence-corrected chi connectivity index (χ1v) is 9.60. The van der Waals surface area contributed by atoms with E-state index >= 15 is 0 Å². The summed E-state index contributed by atoms with van der Waals surface area (Å²) in [7, 11) is 0. The standard InChI is InChI=1S/C20H22N4O4/c1-12(24-19(26)14-8-4-5-9-15(14)20(24)27)10-17(25)21-11-16-22-18(28-23-16)13-6-2-3-7-13/h4-5,8-9,12-13H,2-3,6-7,10-11H2,1H3,(H,21,25)/t12-/m0/s1. The van der Waals surface area contributed by atoms with Gasteiger partial charge in [-0.25, -0.2) is 0 Å². The molecule has 0 unspecified atom stereocenters. The molecule has 0 saturated heterocycles. The molecule has 0 spiro atoms. The number of nitrogens with zero attached hydrogens (tertiary/aromatic N) is 3. The molecular formula is C20H22N4O4. The van der Waals surface area contributed by atoms with Gasteiger partial charge in [-0.05, 0) is 31.9 Å². The number of nitrogens with one attached hydrogen (secondary N) is 1. The number of amides is 3. The summed E-state index contributed by atoms with van der Waals surface area (Å²) in [4.78, 5) is 42.8. The average molecular weight is 382 g/mol. The van der Waals surface area contributed by atoms with E-state index in [9.17, 15) is 14.4 Å². The summed E-state index contributed by atoms with van der Waals surface area (Å²) in [6, 6.07) is 6.14. The van der Waals surface area contributed by atoms with Crippen molar-refractivity contribution in [2.24, 2.45) is 0 Å². The number of fused-ring (bicyclic) bond motifs is 1.